The zero-order chi connectivity index (χ0) is 15.1. The van der Waals surface area contributed by atoms with E-state index in [0.717, 1.165) is 45.0 Å². The summed E-state index contributed by atoms with van der Waals surface area (Å²) in [6.45, 7) is 3.72. The van der Waals surface area contributed by atoms with Gasteiger partial charge >= 0.3 is 0 Å². The summed E-state index contributed by atoms with van der Waals surface area (Å²) in [5, 5.41) is 6.24. The number of aromatic nitrogens is 2. The second-order valence-electron chi connectivity index (χ2n) is 6.57. The van der Waals surface area contributed by atoms with Crippen molar-refractivity contribution in [3.63, 3.8) is 0 Å². The molecule has 4 atom stereocenters. The minimum atomic E-state index is 0.0628. The van der Waals surface area contributed by atoms with Crippen molar-refractivity contribution in [2.24, 2.45) is 23.5 Å². The number of amides is 1. The van der Waals surface area contributed by atoms with E-state index in [2.05, 4.69) is 25.5 Å². The van der Waals surface area contributed by atoms with Gasteiger partial charge in [-0.1, -0.05) is 0 Å². The largest absolute Gasteiger partial charge is 0.338 e. The molecule has 7 heteroatoms. The molecule has 7 nitrogen and oxygen atoms in total. The Morgan fingerprint density at radius 3 is 2.55 bits per heavy atom. The molecule has 1 aromatic heterocycles. The first kappa shape index (κ1) is 13.9. The number of rotatable bonds is 3. The summed E-state index contributed by atoms with van der Waals surface area (Å²) >= 11 is 0. The fraction of sp³-hybridized carbons (Fsp3) is 0.667. The van der Waals surface area contributed by atoms with Crippen molar-refractivity contribution in [2.75, 3.05) is 36.4 Å². The number of hydrogen-bond donors (Lipinski definition) is 3. The molecule has 0 aromatic carbocycles. The van der Waals surface area contributed by atoms with Crippen molar-refractivity contribution in [3.8, 4) is 0 Å². The molecule has 2 aliphatic carbocycles. The lowest BCUT2D eigenvalue weighted by atomic mass is 10.0. The monoisotopic (exact) mass is 302 g/mol. The Morgan fingerprint density at radius 2 is 1.95 bits per heavy atom. The first-order chi connectivity index (χ1) is 10.7. The second-order valence-corrected chi connectivity index (χ2v) is 6.57. The highest BCUT2D eigenvalue weighted by Crippen LogP contribution is 2.54. The fourth-order valence-electron chi connectivity index (χ4n) is 3.78. The zero-order valence-electron chi connectivity index (χ0n) is 12.5. The maximum Gasteiger partial charge on any atom is 0.227 e. The van der Waals surface area contributed by atoms with Crippen molar-refractivity contribution in [1.82, 2.24) is 15.3 Å². The Bertz CT molecular complexity index is 556. The predicted octanol–water partition coefficient (Wildman–Crippen LogP) is -0.192. The van der Waals surface area contributed by atoms with Gasteiger partial charge in [-0.05, 0) is 24.7 Å². The van der Waals surface area contributed by atoms with Gasteiger partial charge < -0.3 is 21.3 Å². The van der Waals surface area contributed by atoms with Crippen LogP contribution in [0.25, 0.3) is 0 Å². The van der Waals surface area contributed by atoms with Crippen molar-refractivity contribution in [3.05, 3.63) is 12.4 Å². The van der Waals surface area contributed by atoms with Gasteiger partial charge in [0.2, 0.25) is 11.9 Å². The summed E-state index contributed by atoms with van der Waals surface area (Å²) in [6, 6.07) is 0.201. The third-order valence-electron chi connectivity index (χ3n) is 5.13. The van der Waals surface area contributed by atoms with Crippen LogP contribution in [0.2, 0.25) is 0 Å². The van der Waals surface area contributed by atoms with Crippen LogP contribution in [-0.4, -0.2) is 48.1 Å². The summed E-state index contributed by atoms with van der Waals surface area (Å²) in [4.78, 5) is 23.2. The van der Waals surface area contributed by atoms with E-state index in [-0.39, 0.29) is 17.9 Å². The first-order valence-electron chi connectivity index (χ1n) is 8.06. The van der Waals surface area contributed by atoms with Crippen LogP contribution >= 0.6 is 0 Å². The van der Waals surface area contributed by atoms with Gasteiger partial charge in [0.05, 0.1) is 18.1 Å². The molecule has 0 unspecified atom stereocenters. The number of carbonyl (C=O) groups is 1. The van der Waals surface area contributed by atoms with Crippen LogP contribution < -0.4 is 21.3 Å². The number of anilines is 2. The van der Waals surface area contributed by atoms with Crippen LogP contribution in [0.4, 0.5) is 11.6 Å². The molecule has 22 heavy (non-hydrogen) atoms. The molecule has 0 bridgehead atoms. The number of nitrogens with one attached hydrogen (secondary N) is 2. The molecule has 0 spiro atoms. The van der Waals surface area contributed by atoms with Crippen LogP contribution in [0.15, 0.2) is 12.4 Å². The van der Waals surface area contributed by atoms with Gasteiger partial charge in [0.25, 0.3) is 0 Å². The van der Waals surface area contributed by atoms with E-state index in [4.69, 9.17) is 5.73 Å². The summed E-state index contributed by atoms with van der Waals surface area (Å²) in [5.41, 5.74) is 6.70. The predicted molar refractivity (Wildman–Crippen MR) is 83.4 cm³/mol. The quantitative estimate of drug-likeness (QED) is 0.716. The van der Waals surface area contributed by atoms with E-state index < -0.39 is 0 Å². The minimum absolute atomic E-state index is 0.0628. The third kappa shape index (κ3) is 2.55. The molecule has 2 saturated carbocycles. The maximum atomic E-state index is 12.3. The van der Waals surface area contributed by atoms with E-state index in [1.807, 2.05) is 0 Å². The average molecular weight is 302 g/mol. The number of nitrogens with two attached hydrogens (primary N) is 1. The second kappa shape index (κ2) is 5.48. The Hall–Kier alpha value is -1.73. The van der Waals surface area contributed by atoms with Gasteiger partial charge in [-0.2, -0.15) is 0 Å². The normalized spacial score (nSPS) is 33.4. The number of nitrogens with zero attached hydrogens (tertiary/aromatic N) is 3. The summed E-state index contributed by atoms with van der Waals surface area (Å²) < 4.78 is 0. The lowest BCUT2D eigenvalue weighted by Gasteiger charge is -2.27. The van der Waals surface area contributed by atoms with E-state index in [9.17, 15) is 4.79 Å². The van der Waals surface area contributed by atoms with E-state index in [1.54, 1.807) is 12.4 Å². The zero-order valence-corrected chi connectivity index (χ0v) is 12.5. The van der Waals surface area contributed by atoms with Crippen LogP contribution in [0.5, 0.6) is 0 Å². The SMILES string of the molecule is N[C@@H]1C[C@H](C(=O)Nc2cnc(N3CCNCC3)nc2)[C@H]2C[C@H]21. The molecule has 1 aliphatic heterocycles. The molecule has 2 heterocycles. The lowest BCUT2D eigenvalue weighted by molar-refractivity contribution is -0.120. The number of hydrogen-bond acceptors (Lipinski definition) is 6. The summed E-state index contributed by atoms with van der Waals surface area (Å²) in [5.74, 6) is 1.93. The molecule has 4 N–H and O–H groups in total. The van der Waals surface area contributed by atoms with Crippen LogP contribution in [0.1, 0.15) is 12.8 Å². The molecule has 3 aliphatic rings. The van der Waals surface area contributed by atoms with Gasteiger partial charge in [-0.25, -0.2) is 9.97 Å². The van der Waals surface area contributed by atoms with E-state index >= 15 is 0 Å². The topological polar surface area (TPSA) is 96.2 Å². The molecule has 0 radical (unpaired) electrons. The molecule has 4 rings (SSSR count). The van der Waals surface area contributed by atoms with Crippen molar-refractivity contribution >= 4 is 17.5 Å². The van der Waals surface area contributed by atoms with Gasteiger partial charge in [0.1, 0.15) is 0 Å². The molecule has 1 amide bonds. The van der Waals surface area contributed by atoms with Crippen LogP contribution in [0, 0.1) is 17.8 Å². The Balaban J connectivity index is 1.38. The van der Waals surface area contributed by atoms with Gasteiger partial charge in [0, 0.05) is 38.1 Å². The van der Waals surface area contributed by atoms with E-state index in [1.165, 1.54) is 0 Å². The standard InChI is InChI=1S/C15H22N6O/c16-13-6-12(10-5-11(10)13)14(22)20-9-7-18-15(19-8-9)21-3-1-17-2-4-21/h7-8,10-13,17H,1-6,16H2,(H,20,22)/t10-,11+,12-,13+/m0/s1. The Kier molecular flexibility index (Phi) is 3.46. The van der Waals surface area contributed by atoms with Crippen molar-refractivity contribution in [2.45, 2.75) is 18.9 Å². The van der Waals surface area contributed by atoms with Crippen molar-refractivity contribution < 1.29 is 4.79 Å². The molecule has 1 aromatic rings. The Morgan fingerprint density at radius 1 is 1.23 bits per heavy atom. The van der Waals surface area contributed by atoms with Gasteiger partial charge in [-0.3, -0.25) is 4.79 Å². The summed E-state index contributed by atoms with van der Waals surface area (Å²) in [6.07, 6.45) is 5.31. The van der Waals surface area contributed by atoms with E-state index in [0.29, 0.717) is 17.5 Å². The molecular formula is C15H22N6O. The molecule has 118 valence electrons. The summed E-state index contributed by atoms with van der Waals surface area (Å²) in [7, 11) is 0. The highest BCUT2D eigenvalue weighted by atomic mass is 16.1. The van der Waals surface area contributed by atoms with Crippen molar-refractivity contribution in [1.29, 1.82) is 0 Å². The van der Waals surface area contributed by atoms with Gasteiger partial charge in [-0.15, -0.1) is 0 Å². The number of fused-ring (bicyclic) bond motifs is 1. The molecule has 1 saturated heterocycles. The number of piperazine rings is 1. The van der Waals surface area contributed by atoms with Gasteiger partial charge in [0.15, 0.2) is 0 Å². The Labute approximate surface area is 129 Å². The van der Waals surface area contributed by atoms with Crippen LogP contribution in [-0.2, 0) is 4.79 Å². The molecular weight excluding hydrogens is 280 g/mol. The maximum absolute atomic E-state index is 12.3. The molecule has 3 fully saturated rings. The highest BCUT2D eigenvalue weighted by Gasteiger charge is 2.55. The number of carbonyl (C=O) groups excluding carboxylic acids is 1. The van der Waals surface area contributed by atoms with Crippen LogP contribution in [0.3, 0.4) is 0 Å². The fourth-order valence-corrected chi connectivity index (χ4v) is 3.78. The highest BCUT2D eigenvalue weighted by molar-refractivity contribution is 5.93. The lowest BCUT2D eigenvalue weighted by Crippen LogP contribution is -2.44. The third-order valence-corrected chi connectivity index (χ3v) is 5.13. The smallest absolute Gasteiger partial charge is 0.227 e. The first-order valence-corrected chi connectivity index (χ1v) is 8.06. The average Bonchev–Trinajstić information content (AvgIpc) is 3.28. The minimum Gasteiger partial charge on any atom is -0.338 e.